The van der Waals surface area contributed by atoms with Crippen molar-refractivity contribution in [3.05, 3.63) is 78.4 Å². The molecule has 158 valence electrons. The fourth-order valence-corrected chi connectivity index (χ4v) is 5.45. The summed E-state index contributed by atoms with van der Waals surface area (Å²) < 4.78 is 29.9. The molecule has 8 heteroatoms. The molecule has 0 atom stereocenters. The van der Waals surface area contributed by atoms with Gasteiger partial charge in [-0.1, -0.05) is 55.1 Å². The lowest BCUT2D eigenvalue weighted by atomic mass is 10.2. The van der Waals surface area contributed by atoms with Crippen LogP contribution in [0.15, 0.2) is 87.5 Å². The van der Waals surface area contributed by atoms with Crippen LogP contribution in [0.4, 0.5) is 11.4 Å². The third kappa shape index (κ3) is 4.08. The van der Waals surface area contributed by atoms with Crippen LogP contribution in [0.25, 0.3) is 0 Å². The van der Waals surface area contributed by atoms with Gasteiger partial charge in [0.2, 0.25) is 0 Å². The fourth-order valence-electron chi connectivity index (χ4n) is 3.30. The Hall–Kier alpha value is -3.10. The minimum atomic E-state index is -3.61. The Kier molecular flexibility index (Phi) is 5.84. The van der Waals surface area contributed by atoms with E-state index in [1.807, 2.05) is 48.5 Å². The molecule has 1 aliphatic heterocycles. The van der Waals surface area contributed by atoms with Gasteiger partial charge in [-0.3, -0.25) is 9.69 Å². The molecule has 31 heavy (non-hydrogen) atoms. The third-order valence-corrected chi connectivity index (χ3v) is 7.75. The molecule has 6 nitrogen and oxygen atoms in total. The molecule has 0 radical (unpaired) electrons. The zero-order valence-electron chi connectivity index (χ0n) is 16.6. The molecule has 0 N–H and O–H groups in total. The first-order valence-corrected chi connectivity index (χ1v) is 12.1. The quantitative estimate of drug-likeness (QED) is 0.531. The number of carbonyl (C=O) groups is 2. The summed E-state index contributed by atoms with van der Waals surface area (Å²) in [6, 6.07) is 20.8. The molecule has 0 aliphatic carbocycles. The second-order valence-electron chi connectivity index (χ2n) is 6.74. The van der Waals surface area contributed by atoms with Crippen LogP contribution in [-0.2, 0) is 19.4 Å². The van der Waals surface area contributed by atoms with Gasteiger partial charge in [-0.2, -0.15) is 0 Å². The van der Waals surface area contributed by atoms with Gasteiger partial charge < -0.3 is 4.74 Å². The van der Waals surface area contributed by atoms with Gasteiger partial charge in [-0.25, -0.2) is 13.2 Å². The highest BCUT2D eigenvalue weighted by molar-refractivity contribution is 7.99. The van der Waals surface area contributed by atoms with E-state index >= 15 is 0 Å². The van der Waals surface area contributed by atoms with Gasteiger partial charge in [0, 0.05) is 9.79 Å². The molecular weight excluding hydrogens is 434 g/mol. The highest BCUT2D eigenvalue weighted by Crippen LogP contribution is 2.47. The molecule has 3 aromatic carbocycles. The summed E-state index contributed by atoms with van der Waals surface area (Å²) >= 11 is 1.56. The van der Waals surface area contributed by atoms with Gasteiger partial charge in [0.05, 0.1) is 27.6 Å². The smallest absolute Gasteiger partial charge is 0.339 e. The van der Waals surface area contributed by atoms with Gasteiger partial charge in [0.1, 0.15) is 0 Å². The van der Waals surface area contributed by atoms with Gasteiger partial charge in [0.25, 0.3) is 5.91 Å². The number of nitrogens with zero attached hydrogens (tertiary/aromatic N) is 1. The van der Waals surface area contributed by atoms with E-state index in [0.29, 0.717) is 11.4 Å². The Morgan fingerprint density at radius 2 is 1.42 bits per heavy atom. The van der Waals surface area contributed by atoms with Crippen molar-refractivity contribution < 1.29 is 22.7 Å². The van der Waals surface area contributed by atoms with E-state index in [-0.39, 0.29) is 16.2 Å². The average Bonchev–Trinajstić information content (AvgIpc) is 2.80. The highest BCUT2D eigenvalue weighted by Gasteiger charge is 2.29. The Morgan fingerprint density at radius 1 is 0.871 bits per heavy atom. The number of hydrogen-bond donors (Lipinski definition) is 0. The average molecular weight is 454 g/mol. The van der Waals surface area contributed by atoms with E-state index in [9.17, 15) is 18.0 Å². The highest BCUT2D eigenvalue weighted by atomic mass is 32.2. The molecule has 4 rings (SSSR count). The monoisotopic (exact) mass is 453 g/mol. The van der Waals surface area contributed by atoms with Crippen LogP contribution in [-0.4, -0.2) is 32.7 Å². The second-order valence-corrected chi connectivity index (χ2v) is 10.1. The number of esters is 1. The summed E-state index contributed by atoms with van der Waals surface area (Å²) in [5, 5.41) is 0. The molecule has 1 heterocycles. The third-order valence-electron chi connectivity index (χ3n) is 4.83. The number of hydrogen-bond acceptors (Lipinski definition) is 6. The van der Waals surface area contributed by atoms with E-state index in [0.717, 1.165) is 9.79 Å². The van der Waals surface area contributed by atoms with Crippen LogP contribution in [0.2, 0.25) is 0 Å². The molecule has 0 saturated carbocycles. The van der Waals surface area contributed by atoms with E-state index in [1.165, 1.54) is 24.0 Å². The number of amides is 1. The maximum atomic E-state index is 13.1. The fraction of sp³-hybridized carbons (Fsp3) is 0.130. The summed E-state index contributed by atoms with van der Waals surface area (Å²) in [5.74, 6) is -1.42. The van der Waals surface area contributed by atoms with E-state index in [2.05, 4.69) is 0 Å². The zero-order valence-corrected chi connectivity index (χ0v) is 18.3. The largest absolute Gasteiger partial charge is 0.452 e. The normalized spacial score (nSPS) is 12.6. The lowest BCUT2D eigenvalue weighted by molar-refractivity contribution is -0.121. The molecule has 0 aromatic heterocycles. The van der Waals surface area contributed by atoms with Crippen LogP contribution < -0.4 is 4.90 Å². The first-order valence-electron chi connectivity index (χ1n) is 9.60. The van der Waals surface area contributed by atoms with Crippen molar-refractivity contribution in [2.45, 2.75) is 21.6 Å². The van der Waals surface area contributed by atoms with Crippen molar-refractivity contribution in [1.82, 2.24) is 0 Å². The topological polar surface area (TPSA) is 80.7 Å². The summed E-state index contributed by atoms with van der Waals surface area (Å²) in [6.07, 6.45) is 0. The van der Waals surface area contributed by atoms with Crippen LogP contribution in [0, 0.1) is 0 Å². The molecule has 0 saturated heterocycles. The first kappa shape index (κ1) is 21.1. The van der Waals surface area contributed by atoms with E-state index in [1.54, 1.807) is 23.9 Å². The number of fused-ring (bicyclic) bond motifs is 2. The van der Waals surface area contributed by atoms with Crippen molar-refractivity contribution >= 4 is 44.9 Å². The number of para-hydroxylation sites is 2. The Balaban J connectivity index is 1.59. The number of rotatable bonds is 5. The van der Waals surface area contributed by atoms with Crippen LogP contribution in [0.1, 0.15) is 17.3 Å². The van der Waals surface area contributed by atoms with Crippen molar-refractivity contribution in [1.29, 1.82) is 0 Å². The maximum Gasteiger partial charge on any atom is 0.339 e. The standard InChI is InChI=1S/C23H19NO5S2/c1-2-31(27,28)21-14-8-3-9-16(21)23(26)29-15-22(25)24-17-10-4-6-12-19(17)30-20-13-7-5-11-18(20)24/h3-14H,2,15H2,1H3. The number of sulfone groups is 1. The number of benzene rings is 3. The van der Waals surface area contributed by atoms with Gasteiger partial charge >= 0.3 is 5.97 Å². The van der Waals surface area contributed by atoms with E-state index < -0.39 is 28.3 Å². The SMILES string of the molecule is CCS(=O)(=O)c1ccccc1C(=O)OCC(=O)N1c2ccccc2Sc2ccccc21. The lowest BCUT2D eigenvalue weighted by Crippen LogP contribution is -2.32. The number of carbonyl (C=O) groups excluding carboxylic acids is 2. The Morgan fingerprint density at radius 3 is 2.03 bits per heavy atom. The van der Waals surface area contributed by atoms with Crippen LogP contribution in [0.5, 0.6) is 0 Å². The first-order chi connectivity index (χ1) is 14.9. The Labute approximate surface area is 184 Å². The predicted molar refractivity (Wildman–Crippen MR) is 119 cm³/mol. The molecule has 3 aromatic rings. The molecule has 1 aliphatic rings. The van der Waals surface area contributed by atoms with Gasteiger partial charge in [0.15, 0.2) is 16.4 Å². The van der Waals surface area contributed by atoms with Crippen molar-refractivity contribution in [3.63, 3.8) is 0 Å². The summed E-state index contributed by atoms with van der Waals surface area (Å²) in [6.45, 7) is 0.983. The predicted octanol–water partition coefficient (Wildman–Crippen LogP) is 4.47. The van der Waals surface area contributed by atoms with Crippen molar-refractivity contribution in [2.75, 3.05) is 17.3 Å². The number of ether oxygens (including phenoxy) is 1. The molecule has 0 unspecified atom stereocenters. The summed E-state index contributed by atoms with van der Waals surface area (Å²) in [4.78, 5) is 29.0. The minimum absolute atomic E-state index is 0.0767. The second kappa shape index (κ2) is 8.56. The zero-order chi connectivity index (χ0) is 22.0. The molecule has 1 amide bonds. The van der Waals surface area contributed by atoms with Crippen molar-refractivity contribution in [2.24, 2.45) is 0 Å². The van der Waals surface area contributed by atoms with Gasteiger partial charge in [-0.15, -0.1) is 0 Å². The summed E-state index contributed by atoms with van der Waals surface area (Å²) in [5.41, 5.74) is 1.34. The molecule has 0 fully saturated rings. The van der Waals surface area contributed by atoms with Crippen LogP contribution in [0.3, 0.4) is 0 Å². The molecular formula is C23H19NO5S2. The lowest BCUT2D eigenvalue weighted by Gasteiger charge is -2.30. The molecule has 0 spiro atoms. The molecule has 0 bridgehead atoms. The number of anilines is 2. The Bertz CT molecular complexity index is 1220. The van der Waals surface area contributed by atoms with Crippen molar-refractivity contribution in [3.8, 4) is 0 Å². The van der Waals surface area contributed by atoms with Gasteiger partial charge in [-0.05, 0) is 36.4 Å². The minimum Gasteiger partial charge on any atom is -0.452 e. The van der Waals surface area contributed by atoms with E-state index in [4.69, 9.17) is 4.74 Å². The summed E-state index contributed by atoms with van der Waals surface area (Å²) in [7, 11) is -3.61. The van der Waals surface area contributed by atoms with Crippen LogP contribution >= 0.6 is 11.8 Å². The maximum absolute atomic E-state index is 13.1.